The largest absolute Gasteiger partial charge is 0.322 e. The summed E-state index contributed by atoms with van der Waals surface area (Å²) in [6.45, 7) is 0. The predicted molar refractivity (Wildman–Crippen MR) is 125 cm³/mol. The minimum atomic E-state index is -0.304. The minimum absolute atomic E-state index is 0.270. The van der Waals surface area contributed by atoms with Crippen LogP contribution in [0.2, 0.25) is 0 Å². The number of nitrogens with one attached hydrogen (secondary N) is 2. The summed E-state index contributed by atoms with van der Waals surface area (Å²) in [7, 11) is 0. The van der Waals surface area contributed by atoms with E-state index in [9.17, 15) is 14.4 Å². The Balaban J connectivity index is 1.52. The van der Waals surface area contributed by atoms with E-state index in [1.54, 1.807) is 72.8 Å². The quantitative estimate of drug-likeness (QED) is 0.409. The molecule has 0 aliphatic heterocycles. The zero-order chi connectivity index (χ0) is 22.3. The first-order chi connectivity index (χ1) is 15.6. The predicted octanol–water partition coefficient (Wildman–Crippen LogP) is 5.42. The maximum absolute atomic E-state index is 13.0. The van der Waals surface area contributed by atoms with Gasteiger partial charge in [-0.3, -0.25) is 14.4 Å². The second kappa shape index (κ2) is 9.53. The molecule has 5 nitrogen and oxygen atoms in total. The molecule has 0 radical (unpaired) electrons. The highest BCUT2D eigenvalue weighted by molar-refractivity contribution is 6.13. The number of carbonyl (C=O) groups excluding carboxylic acids is 3. The van der Waals surface area contributed by atoms with Crippen LogP contribution in [0.4, 0.5) is 11.4 Å². The molecule has 0 bridgehead atoms. The topological polar surface area (TPSA) is 75.3 Å². The first-order valence-corrected chi connectivity index (χ1v) is 10.1. The lowest BCUT2D eigenvalue weighted by molar-refractivity contribution is 0.101. The molecule has 0 aromatic heterocycles. The van der Waals surface area contributed by atoms with Crippen LogP contribution in [0.25, 0.3) is 0 Å². The number of para-hydroxylation sites is 2. The van der Waals surface area contributed by atoms with E-state index in [0.29, 0.717) is 33.6 Å². The lowest BCUT2D eigenvalue weighted by Gasteiger charge is -2.08. The van der Waals surface area contributed by atoms with E-state index >= 15 is 0 Å². The van der Waals surface area contributed by atoms with Crippen LogP contribution in [0.1, 0.15) is 36.6 Å². The van der Waals surface area contributed by atoms with Crippen LogP contribution in [0.3, 0.4) is 0 Å². The van der Waals surface area contributed by atoms with Crippen LogP contribution in [0, 0.1) is 0 Å². The number of carbonyl (C=O) groups is 3. The van der Waals surface area contributed by atoms with E-state index in [4.69, 9.17) is 0 Å². The lowest BCUT2D eigenvalue weighted by Crippen LogP contribution is -2.14. The van der Waals surface area contributed by atoms with Crippen molar-refractivity contribution in [2.75, 3.05) is 10.6 Å². The molecule has 2 amide bonds. The SMILES string of the molecule is O=C(Nc1ccccc1)c1cccc(C(=O)c2cccc(C(=O)Nc3ccccc3)c2)c1. The fourth-order valence-electron chi connectivity index (χ4n) is 3.22. The Labute approximate surface area is 185 Å². The van der Waals surface area contributed by atoms with Gasteiger partial charge in [-0.15, -0.1) is 0 Å². The van der Waals surface area contributed by atoms with Crippen LogP contribution < -0.4 is 10.6 Å². The van der Waals surface area contributed by atoms with Crippen molar-refractivity contribution in [3.63, 3.8) is 0 Å². The Hall–Kier alpha value is -4.51. The van der Waals surface area contributed by atoms with Gasteiger partial charge in [-0.2, -0.15) is 0 Å². The average molecular weight is 420 g/mol. The Morgan fingerprint density at radius 3 is 1.22 bits per heavy atom. The van der Waals surface area contributed by atoms with E-state index < -0.39 is 0 Å². The fraction of sp³-hybridized carbons (Fsp3) is 0. The molecule has 0 saturated heterocycles. The van der Waals surface area contributed by atoms with Gasteiger partial charge in [0, 0.05) is 33.6 Å². The van der Waals surface area contributed by atoms with Gasteiger partial charge in [0.1, 0.15) is 0 Å². The van der Waals surface area contributed by atoms with Gasteiger partial charge in [-0.1, -0.05) is 60.7 Å². The highest BCUT2D eigenvalue weighted by atomic mass is 16.2. The molecule has 156 valence electrons. The zero-order valence-corrected chi connectivity index (χ0v) is 17.1. The number of hydrogen-bond donors (Lipinski definition) is 2. The van der Waals surface area contributed by atoms with Gasteiger partial charge in [-0.05, 0) is 48.5 Å². The van der Waals surface area contributed by atoms with Crippen molar-refractivity contribution in [3.8, 4) is 0 Å². The van der Waals surface area contributed by atoms with Crippen LogP contribution >= 0.6 is 0 Å². The number of rotatable bonds is 6. The van der Waals surface area contributed by atoms with E-state index in [1.165, 1.54) is 0 Å². The number of hydrogen-bond acceptors (Lipinski definition) is 3. The summed E-state index contributed by atoms with van der Waals surface area (Å²) in [5.41, 5.74) is 2.82. The molecule has 0 unspecified atom stereocenters. The second-order valence-electron chi connectivity index (χ2n) is 7.13. The van der Waals surface area contributed by atoms with Crippen molar-refractivity contribution in [1.29, 1.82) is 0 Å². The molecule has 2 N–H and O–H groups in total. The standard InChI is InChI=1S/C27H20N2O3/c30-25(19-9-7-11-21(17-19)26(31)28-23-13-3-1-4-14-23)20-10-8-12-22(18-20)27(32)29-24-15-5-2-6-16-24/h1-18H,(H,28,31)(H,29,32). The highest BCUT2D eigenvalue weighted by Crippen LogP contribution is 2.16. The monoisotopic (exact) mass is 420 g/mol. The molecule has 0 aliphatic carbocycles. The summed E-state index contributed by atoms with van der Waals surface area (Å²) >= 11 is 0. The summed E-state index contributed by atoms with van der Waals surface area (Å²) in [6.07, 6.45) is 0. The Kier molecular flexibility index (Phi) is 6.18. The molecule has 0 fully saturated rings. The number of ketones is 1. The third-order valence-corrected chi connectivity index (χ3v) is 4.84. The summed E-state index contributed by atoms with van der Waals surface area (Å²) in [6, 6.07) is 31.3. The van der Waals surface area contributed by atoms with Crippen LogP contribution in [0.15, 0.2) is 109 Å². The second-order valence-corrected chi connectivity index (χ2v) is 7.13. The maximum atomic E-state index is 13.0. The molecular weight excluding hydrogens is 400 g/mol. The normalized spacial score (nSPS) is 10.2. The Morgan fingerprint density at radius 1 is 0.438 bits per heavy atom. The molecule has 0 saturated carbocycles. The van der Waals surface area contributed by atoms with Crippen molar-refractivity contribution < 1.29 is 14.4 Å². The van der Waals surface area contributed by atoms with Crippen LogP contribution in [-0.2, 0) is 0 Å². The van der Waals surface area contributed by atoms with E-state index in [-0.39, 0.29) is 17.6 Å². The first kappa shape index (κ1) is 20.8. The molecule has 0 aliphatic rings. The van der Waals surface area contributed by atoms with Gasteiger partial charge < -0.3 is 10.6 Å². The third kappa shape index (κ3) is 4.96. The van der Waals surface area contributed by atoms with Gasteiger partial charge >= 0.3 is 0 Å². The van der Waals surface area contributed by atoms with E-state index in [0.717, 1.165) is 0 Å². The van der Waals surface area contributed by atoms with E-state index in [2.05, 4.69) is 10.6 Å². The molecule has 4 aromatic carbocycles. The molecule has 4 rings (SSSR count). The van der Waals surface area contributed by atoms with Crippen molar-refractivity contribution in [2.24, 2.45) is 0 Å². The van der Waals surface area contributed by atoms with Gasteiger partial charge in [0.2, 0.25) is 0 Å². The Bertz CT molecular complexity index is 1170. The minimum Gasteiger partial charge on any atom is -0.322 e. The average Bonchev–Trinajstić information content (AvgIpc) is 2.85. The lowest BCUT2D eigenvalue weighted by atomic mass is 9.99. The zero-order valence-electron chi connectivity index (χ0n) is 17.1. The summed E-state index contributed by atoms with van der Waals surface area (Å²) < 4.78 is 0. The first-order valence-electron chi connectivity index (χ1n) is 10.1. The van der Waals surface area contributed by atoms with Gasteiger partial charge in [0.05, 0.1) is 0 Å². The molecule has 0 spiro atoms. The summed E-state index contributed by atoms with van der Waals surface area (Å²) in [4.78, 5) is 38.2. The van der Waals surface area contributed by atoms with Crippen LogP contribution in [-0.4, -0.2) is 17.6 Å². The van der Waals surface area contributed by atoms with Crippen molar-refractivity contribution in [1.82, 2.24) is 0 Å². The third-order valence-electron chi connectivity index (χ3n) is 4.84. The molecule has 4 aromatic rings. The molecular formula is C27H20N2O3. The smallest absolute Gasteiger partial charge is 0.255 e. The van der Waals surface area contributed by atoms with E-state index in [1.807, 2.05) is 36.4 Å². The van der Waals surface area contributed by atoms with Crippen LogP contribution in [0.5, 0.6) is 0 Å². The van der Waals surface area contributed by atoms with Gasteiger partial charge in [0.15, 0.2) is 5.78 Å². The number of anilines is 2. The summed E-state index contributed by atoms with van der Waals surface area (Å²) in [5.74, 6) is -0.877. The molecule has 0 atom stereocenters. The fourth-order valence-corrected chi connectivity index (χ4v) is 3.22. The number of benzene rings is 4. The summed E-state index contributed by atoms with van der Waals surface area (Å²) in [5, 5.41) is 5.62. The molecule has 32 heavy (non-hydrogen) atoms. The molecule has 5 heteroatoms. The molecule has 0 heterocycles. The van der Waals surface area contributed by atoms with Gasteiger partial charge in [-0.25, -0.2) is 0 Å². The number of amides is 2. The van der Waals surface area contributed by atoms with Crippen molar-refractivity contribution in [3.05, 3.63) is 131 Å². The van der Waals surface area contributed by atoms with Crippen molar-refractivity contribution in [2.45, 2.75) is 0 Å². The highest BCUT2D eigenvalue weighted by Gasteiger charge is 2.15. The maximum Gasteiger partial charge on any atom is 0.255 e. The van der Waals surface area contributed by atoms with Crippen molar-refractivity contribution >= 4 is 29.0 Å². The van der Waals surface area contributed by atoms with Gasteiger partial charge in [0.25, 0.3) is 11.8 Å². The Morgan fingerprint density at radius 2 is 0.812 bits per heavy atom.